The van der Waals surface area contributed by atoms with E-state index < -0.39 is 17.7 Å². The topological polar surface area (TPSA) is 88.8 Å². The maximum absolute atomic E-state index is 14.2. The van der Waals surface area contributed by atoms with Crippen molar-refractivity contribution in [3.05, 3.63) is 63.5 Å². The van der Waals surface area contributed by atoms with E-state index in [-0.39, 0.29) is 11.9 Å². The third-order valence-corrected chi connectivity index (χ3v) is 7.61. The number of ether oxygens (including phenoxy) is 1. The Bertz CT molecular complexity index is 1330. The smallest absolute Gasteiger partial charge is 0.408 e. The third-order valence-electron chi connectivity index (χ3n) is 6.89. The summed E-state index contributed by atoms with van der Waals surface area (Å²) in [5, 5.41) is 7.73. The zero-order chi connectivity index (χ0) is 26.3. The van der Waals surface area contributed by atoms with Crippen LogP contribution in [0.4, 0.5) is 4.79 Å². The zero-order valence-electron chi connectivity index (χ0n) is 21.8. The predicted octanol–water partition coefficient (Wildman–Crippen LogP) is 6.00. The van der Waals surface area contributed by atoms with E-state index in [1.165, 1.54) is 12.8 Å². The highest BCUT2D eigenvalue weighted by atomic mass is 79.9. The molecule has 196 valence electrons. The van der Waals surface area contributed by atoms with Gasteiger partial charge in [-0.1, -0.05) is 34.1 Å². The Labute approximate surface area is 225 Å². The lowest BCUT2D eigenvalue weighted by Crippen LogP contribution is -2.47. The van der Waals surface area contributed by atoms with Gasteiger partial charge in [-0.05, 0) is 77.5 Å². The minimum absolute atomic E-state index is 0.178. The number of rotatable bonds is 5. The van der Waals surface area contributed by atoms with Gasteiger partial charge in [-0.15, -0.1) is 0 Å². The number of nitrogens with zero attached hydrogens (tertiary/aromatic N) is 4. The van der Waals surface area contributed by atoms with Crippen molar-refractivity contribution in [2.45, 2.75) is 83.4 Å². The van der Waals surface area contributed by atoms with Crippen LogP contribution in [0.5, 0.6) is 0 Å². The number of likely N-dealkylation sites (tertiary alicyclic amines) is 1. The second-order valence-corrected chi connectivity index (χ2v) is 11.9. The summed E-state index contributed by atoms with van der Waals surface area (Å²) in [5.74, 6) is 0.377. The Morgan fingerprint density at radius 2 is 1.86 bits per heavy atom. The van der Waals surface area contributed by atoms with Gasteiger partial charge in [0.1, 0.15) is 11.6 Å². The van der Waals surface area contributed by atoms with Crippen LogP contribution in [0, 0.1) is 6.92 Å². The quantitative estimate of drug-likeness (QED) is 0.408. The van der Waals surface area contributed by atoms with E-state index >= 15 is 0 Å². The fourth-order valence-corrected chi connectivity index (χ4v) is 5.51. The second-order valence-electron chi connectivity index (χ2n) is 11.1. The van der Waals surface area contributed by atoms with Gasteiger partial charge in [0.25, 0.3) is 5.91 Å². The van der Waals surface area contributed by atoms with Gasteiger partial charge in [-0.2, -0.15) is 5.10 Å². The van der Waals surface area contributed by atoms with Crippen molar-refractivity contribution >= 4 is 33.6 Å². The molecule has 1 saturated carbocycles. The maximum atomic E-state index is 14.2. The maximum Gasteiger partial charge on any atom is 0.408 e. The summed E-state index contributed by atoms with van der Waals surface area (Å²) in [5.41, 5.74) is 3.83. The number of piperidine rings is 1. The highest BCUT2D eigenvalue weighted by molar-refractivity contribution is 9.10. The van der Waals surface area contributed by atoms with Crippen LogP contribution in [-0.4, -0.2) is 43.6 Å². The average Bonchev–Trinajstić information content (AvgIpc) is 3.60. The van der Waals surface area contributed by atoms with Gasteiger partial charge in [0.15, 0.2) is 5.65 Å². The molecule has 5 rings (SSSR count). The first-order valence-corrected chi connectivity index (χ1v) is 13.8. The van der Waals surface area contributed by atoms with Crippen LogP contribution in [0.2, 0.25) is 0 Å². The molecule has 37 heavy (non-hydrogen) atoms. The van der Waals surface area contributed by atoms with Crippen LogP contribution in [0.15, 0.2) is 40.9 Å². The highest BCUT2D eigenvalue weighted by Gasteiger charge is 2.37. The Morgan fingerprint density at radius 3 is 2.57 bits per heavy atom. The summed E-state index contributed by atoms with van der Waals surface area (Å²) in [4.78, 5) is 33.7. The van der Waals surface area contributed by atoms with Gasteiger partial charge in [0, 0.05) is 34.4 Å². The van der Waals surface area contributed by atoms with Gasteiger partial charge in [-0.3, -0.25) is 4.79 Å². The first kappa shape index (κ1) is 25.7. The number of fused-ring (bicyclic) bond motifs is 1. The van der Waals surface area contributed by atoms with E-state index in [1.54, 1.807) is 20.8 Å². The normalized spacial score (nSPS) is 19.1. The second kappa shape index (κ2) is 10.1. The van der Waals surface area contributed by atoms with Crippen molar-refractivity contribution < 1.29 is 14.3 Å². The zero-order valence-corrected chi connectivity index (χ0v) is 23.4. The fraction of sp³-hybridized carbons (Fsp3) is 0.500. The van der Waals surface area contributed by atoms with E-state index in [2.05, 4.69) is 34.2 Å². The lowest BCUT2D eigenvalue weighted by atomic mass is 9.96. The van der Waals surface area contributed by atoms with Crippen molar-refractivity contribution in [1.82, 2.24) is 24.8 Å². The molecule has 0 bridgehead atoms. The predicted molar refractivity (Wildman–Crippen MR) is 144 cm³/mol. The van der Waals surface area contributed by atoms with Gasteiger partial charge < -0.3 is 15.0 Å². The number of carbonyl (C=O) groups excluding carboxylic acids is 2. The molecule has 1 aliphatic heterocycles. The van der Waals surface area contributed by atoms with E-state index in [0.29, 0.717) is 18.0 Å². The molecule has 0 radical (unpaired) electrons. The molecule has 1 N–H and O–H groups in total. The molecule has 2 aromatic heterocycles. The van der Waals surface area contributed by atoms with Crippen LogP contribution in [0.1, 0.15) is 93.5 Å². The number of halogens is 1. The fourth-order valence-electron chi connectivity index (χ4n) is 4.99. The Kier molecular flexibility index (Phi) is 7.00. The van der Waals surface area contributed by atoms with Crippen molar-refractivity contribution in [1.29, 1.82) is 0 Å². The van der Waals surface area contributed by atoms with E-state index in [9.17, 15) is 9.59 Å². The highest BCUT2D eigenvalue weighted by Crippen LogP contribution is 2.40. The van der Waals surface area contributed by atoms with Crippen LogP contribution < -0.4 is 5.32 Å². The number of amides is 2. The summed E-state index contributed by atoms with van der Waals surface area (Å²) in [6.45, 7) is 8.05. The first-order valence-electron chi connectivity index (χ1n) is 13.0. The molecule has 8 nitrogen and oxygen atoms in total. The summed E-state index contributed by atoms with van der Waals surface area (Å²) < 4.78 is 8.13. The Morgan fingerprint density at radius 1 is 1.11 bits per heavy atom. The standard InChI is InChI=1S/C28H34BrN5O3/c1-17-15-21(18-12-13-18)30-24-16-22(32-34(17)24)23-11-7-8-14-33(23)26(35)25(19-9-5-6-10-20(19)29)31-27(36)37-28(2,3)4/h5-6,9-10,15-16,18,23,25H,7-8,11-14H2,1-4H3,(H,31,36). The molecule has 1 aliphatic carbocycles. The number of alkyl carbamates (subject to hydrolysis) is 1. The summed E-state index contributed by atoms with van der Waals surface area (Å²) in [6, 6.07) is 10.5. The molecule has 3 aromatic rings. The number of benzene rings is 1. The molecular weight excluding hydrogens is 534 g/mol. The SMILES string of the molecule is Cc1cc(C2CC2)nc2cc(C3CCCCN3C(=O)C(NC(=O)OC(C)(C)C)c3ccccc3Br)nn12. The molecular formula is C28H34BrN5O3. The Hall–Kier alpha value is -2.94. The van der Waals surface area contributed by atoms with Crippen molar-refractivity contribution in [2.75, 3.05) is 6.54 Å². The van der Waals surface area contributed by atoms with E-state index in [1.807, 2.05) is 39.7 Å². The molecule has 1 saturated heterocycles. The van der Waals surface area contributed by atoms with E-state index in [0.717, 1.165) is 46.5 Å². The van der Waals surface area contributed by atoms with Crippen molar-refractivity contribution in [3.8, 4) is 0 Å². The molecule has 2 amide bonds. The minimum atomic E-state index is -0.899. The molecule has 9 heteroatoms. The number of aromatic nitrogens is 3. The van der Waals surface area contributed by atoms with Gasteiger partial charge in [-0.25, -0.2) is 14.3 Å². The molecule has 2 aliphatic rings. The molecule has 2 fully saturated rings. The molecule has 1 aromatic carbocycles. The van der Waals surface area contributed by atoms with Crippen molar-refractivity contribution in [2.24, 2.45) is 0 Å². The number of carbonyl (C=O) groups is 2. The lowest BCUT2D eigenvalue weighted by Gasteiger charge is -2.37. The molecule has 2 atom stereocenters. The summed E-state index contributed by atoms with van der Waals surface area (Å²) in [7, 11) is 0. The summed E-state index contributed by atoms with van der Waals surface area (Å²) >= 11 is 3.57. The minimum Gasteiger partial charge on any atom is -0.444 e. The molecule has 2 unspecified atom stereocenters. The largest absolute Gasteiger partial charge is 0.444 e. The summed E-state index contributed by atoms with van der Waals surface area (Å²) in [6.07, 6.45) is 4.45. The van der Waals surface area contributed by atoms with Crippen LogP contribution in [0.3, 0.4) is 0 Å². The van der Waals surface area contributed by atoms with Crippen LogP contribution in [0.25, 0.3) is 5.65 Å². The molecule has 0 spiro atoms. The molecule has 3 heterocycles. The average molecular weight is 569 g/mol. The van der Waals surface area contributed by atoms with E-state index in [4.69, 9.17) is 14.8 Å². The monoisotopic (exact) mass is 567 g/mol. The first-order chi connectivity index (χ1) is 17.6. The van der Waals surface area contributed by atoms with Gasteiger partial charge in [0.2, 0.25) is 0 Å². The Balaban J connectivity index is 1.47. The number of aryl methyl sites for hydroxylation is 1. The van der Waals surface area contributed by atoms with Gasteiger partial charge in [0.05, 0.1) is 11.7 Å². The number of hydrogen-bond donors (Lipinski definition) is 1. The van der Waals surface area contributed by atoms with Crippen LogP contribution in [-0.2, 0) is 9.53 Å². The van der Waals surface area contributed by atoms with Crippen molar-refractivity contribution in [3.63, 3.8) is 0 Å². The van der Waals surface area contributed by atoms with Crippen LogP contribution >= 0.6 is 15.9 Å². The third kappa shape index (κ3) is 5.66. The van der Waals surface area contributed by atoms with Gasteiger partial charge >= 0.3 is 6.09 Å². The number of nitrogens with one attached hydrogen (secondary N) is 1. The lowest BCUT2D eigenvalue weighted by molar-refractivity contribution is -0.137. The number of hydrogen-bond acceptors (Lipinski definition) is 5.